The number of hydrogen-bond acceptors (Lipinski definition) is 3. The molecule has 1 atom stereocenters. The van der Waals surface area contributed by atoms with Crippen LogP contribution in [0.25, 0.3) is 0 Å². The predicted molar refractivity (Wildman–Crippen MR) is 21.3 cm³/mol. The Bertz CT molecular complexity index is 73.7. The summed E-state index contributed by atoms with van der Waals surface area (Å²) < 4.78 is 0. The van der Waals surface area contributed by atoms with E-state index in [1.807, 2.05) is 0 Å². The van der Waals surface area contributed by atoms with Crippen molar-refractivity contribution in [1.29, 1.82) is 0 Å². The van der Waals surface area contributed by atoms with Gasteiger partial charge in [-0.05, 0) is 6.42 Å². The largest absolute Gasteiger partial charge is 1.00 e. The molecule has 0 aliphatic carbocycles. The van der Waals surface area contributed by atoms with Gasteiger partial charge in [0.1, 0.15) is 0 Å². The average Bonchev–Trinajstić information content (AvgIpc) is 1.65. The normalized spacial score (nSPS) is 11.8. The molecule has 0 saturated heterocycles. The van der Waals surface area contributed by atoms with Crippen LogP contribution in [0.4, 0.5) is 0 Å². The van der Waals surface area contributed by atoms with Crippen molar-refractivity contribution >= 4 is 5.97 Å². The molecule has 0 aromatic heterocycles. The topological polar surface area (TPSA) is 60.4 Å². The second-order valence-corrected chi connectivity index (χ2v) is 1.24. The SMILES string of the molecule is CCC(O)C(=O)[O-].[Cs+]. The smallest absolute Gasteiger partial charge is 0.547 e. The third kappa shape index (κ3) is 5.62. The Labute approximate surface area is 107 Å². The Morgan fingerprint density at radius 2 is 2.25 bits per heavy atom. The summed E-state index contributed by atoms with van der Waals surface area (Å²) >= 11 is 0. The molecule has 0 aliphatic heterocycles. The van der Waals surface area contributed by atoms with Crippen LogP contribution in [0.3, 0.4) is 0 Å². The third-order valence-corrected chi connectivity index (χ3v) is 0.659. The molecule has 0 aromatic rings. The molecule has 0 heterocycles. The predicted octanol–water partition coefficient (Wildman–Crippen LogP) is -4.49. The molecule has 3 nitrogen and oxygen atoms in total. The van der Waals surface area contributed by atoms with Crippen LogP contribution in [0.1, 0.15) is 13.3 Å². The van der Waals surface area contributed by atoms with Crippen molar-refractivity contribution in [2.45, 2.75) is 19.4 Å². The first-order valence-corrected chi connectivity index (χ1v) is 2.07. The molecule has 8 heavy (non-hydrogen) atoms. The van der Waals surface area contributed by atoms with E-state index < -0.39 is 12.1 Å². The Morgan fingerprint density at radius 3 is 2.25 bits per heavy atom. The van der Waals surface area contributed by atoms with Gasteiger partial charge in [-0.1, -0.05) is 6.92 Å². The fourth-order valence-electron chi connectivity index (χ4n) is 0.167. The second-order valence-electron chi connectivity index (χ2n) is 1.24. The van der Waals surface area contributed by atoms with Crippen LogP contribution in [0.2, 0.25) is 0 Å². The molecule has 0 spiro atoms. The molecule has 1 unspecified atom stereocenters. The fourth-order valence-corrected chi connectivity index (χ4v) is 0.167. The molecule has 1 N–H and O–H groups in total. The van der Waals surface area contributed by atoms with Crippen molar-refractivity contribution < 1.29 is 83.9 Å². The summed E-state index contributed by atoms with van der Waals surface area (Å²) in [7, 11) is 0. The summed E-state index contributed by atoms with van der Waals surface area (Å²) in [5.41, 5.74) is 0. The van der Waals surface area contributed by atoms with Crippen molar-refractivity contribution in [2.75, 3.05) is 0 Å². The number of hydrogen-bond donors (Lipinski definition) is 1. The van der Waals surface area contributed by atoms with E-state index >= 15 is 0 Å². The van der Waals surface area contributed by atoms with E-state index in [9.17, 15) is 9.90 Å². The number of carboxylic acid groups (broad SMARTS) is 1. The summed E-state index contributed by atoms with van der Waals surface area (Å²) in [6.07, 6.45) is -1.08. The van der Waals surface area contributed by atoms with Crippen LogP contribution in [0.5, 0.6) is 0 Å². The van der Waals surface area contributed by atoms with Crippen molar-refractivity contribution in [3.05, 3.63) is 0 Å². The van der Waals surface area contributed by atoms with Gasteiger partial charge in [0.15, 0.2) is 0 Å². The van der Waals surface area contributed by atoms with Gasteiger partial charge in [-0.3, -0.25) is 0 Å². The number of rotatable bonds is 2. The Morgan fingerprint density at radius 1 is 1.88 bits per heavy atom. The minimum Gasteiger partial charge on any atom is -0.547 e. The monoisotopic (exact) mass is 236 g/mol. The molecule has 0 amide bonds. The van der Waals surface area contributed by atoms with Gasteiger partial charge in [-0.15, -0.1) is 0 Å². The van der Waals surface area contributed by atoms with Gasteiger partial charge in [0.25, 0.3) is 0 Å². The van der Waals surface area contributed by atoms with Crippen LogP contribution in [0, 0.1) is 0 Å². The summed E-state index contributed by atoms with van der Waals surface area (Å²) in [5, 5.41) is 17.8. The van der Waals surface area contributed by atoms with Crippen molar-refractivity contribution in [3.63, 3.8) is 0 Å². The van der Waals surface area contributed by atoms with Crippen LogP contribution in [0.15, 0.2) is 0 Å². The second kappa shape index (κ2) is 6.60. The minimum absolute atomic E-state index is 0. The van der Waals surface area contributed by atoms with Gasteiger partial charge in [0.2, 0.25) is 0 Å². The number of carbonyl (C=O) groups is 1. The maximum absolute atomic E-state index is 9.57. The first-order chi connectivity index (χ1) is 3.18. The molecule has 0 bridgehead atoms. The standard InChI is InChI=1S/C4H8O3.Cs/c1-2-3(5)4(6)7;/h3,5H,2H2,1H3,(H,6,7);/q;+1/p-1. The molecule has 0 aliphatic rings. The number of aliphatic hydroxyl groups excluding tert-OH is 1. The van der Waals surface area contributed by atoms with Gasteiger partial charge in [-0.2, -0.15) is 0 Å². The number of carboxylic acids is 1. The van der Waals surface area contributed by atoms with Gasteiger partial charge < -0.3 is 15.0 Å². The van der Waals surface area contributed by atoms with E-state index in [4.69, 9.17) is 5.11 Å². The molecule has 0 saturated carbocycles. The van der Waals surface area contributed by atoms with Gasteiger partial charge in [0.05, 0.1) is 12.1 Å². The number of carbonyl (C=O) groups excluding carboxylic acids is 1. The van der Waals surface area contributed by atoms with Crippen molar-refractivity contribution in [3.8, 4) is 0 Å². The zero-order chi connectivity index (χ0) is 5.86. The van der Waals surface area contributed by atoms with E-state index in [1.165, 1.54) is 0 Å². The molecule has 4 heteroatoms. The summed E-state index contributed by atoms with van der Waals surface area (Å²) in [5.74, 6) is -1.40. The van der Waals surface area contributed by atoms with Crippen LogP contribution in [-0.2, 0) is 4.79 Å². The zero-order valence-corrected chi connectivity index (χ0v) is 11.3. The van der Waals surface area contributed by atoms with E-state index in [-0.39, 0.29) is 75.3 Å². The molecular formula is C4H7CsO3. The average molecular weight is 236 g/mol. The van der Waals surface area contributed by atoms with Crippen molar-refractivity contribution in [2.24, 2.45) is 0 Å². The summed E-state index contributed by atoms with van der Waals surface area (Å²) in [6, 6.07) is 0. The molecule has 42 valence electrons. The fraction of sp³-hybridized carbons (Fsp3) is 0.750. The minimum atomic E-state index is -1.40. The first kappa shape index (κ1) is 12.2. The van der Waals surface area contributed by atoms with Crippen LogP contribution in [-0.4, -0.2) is 17.2 Å². The Kier molecular flexibility index (Phi) is 10.1. The van der Waals surface area contributed by atoms with Crippen LogP contribution < -0.4 is 74.0 Å². The van der Waals surface area contributed by atoms with Crippen LogP contribution >= 0.6 is 0 Å². The van der Waals surface area contributed by atoms with E-state index in [0.29, 0.717) is 0 Å². The number of aliphatic hydroxyl groups is 1. The van der Waals surface area contributed by atoms with Gasteiger partial charge >= 0.3 is 68.9 Å². The third-order valence-electron chi connectivity index (χ3n) is 0.659. The molecule has 0 aromatic carbocycles. The Hall–Kier alpha value is 1.48. The van der Waals surface area contributed by atoms with Crippen molar-refractivity contribution in [1.82, 2.24) is 0 Å². The quantitative estimate of drug-likeness (QED) is 0.525. The van der Waals surface area contributed by atoms with Gasteiger partial charge in [-0.25, -0.2) is 0 Å². The first-order valence-electron chi connectivity index (χ1n) is 2.07. The van der Waals surface area contributed by atoms with Gasteiger partial charge in [0, 0.05) is 0 Å². The van der Waals surface area contributed by atoms with E-state index in [2.05, 4.69) is 0 Å². The summed E-state index contributed by atoms with van der Waals surface area (Å²) in [4.78, 5) is 9.57. The maximum atomic E-state index is 9.57. The zero-order valence-electron chi connectivity index (χ0n) is 5.05. The summed E-state index contributed by atoms with van der Waals surface area (Å²) in [6.45, 7) is 1.57. The van der Waals surface area contributed by atoms with E-state index in [1.54, 1.807) is 6.92 Å². The maximum Gasteiger partial charge on any atom is 1.00 e. The van der Waals surface area contributed by atoms with E-state index in [0.717, 1.165) is 0 Å². The molecule has 0 fully saturated rings. The molecule has 0 rings (SSSR count). The Balaban J connectivity index is 0. The molecular weight excluding hydrogens is 229 g/mol. The number of aliphatic carboxylic acids is 1. The molecule has 0 radical (unpaired) electrons.